The fraction of sp³-hybridized carbons (Fsp3) is 0.889. The third kappa shape index (κ3) is 3.51. The molecule has 1 heterocycles. The summed E-state index contributed by atoms with van der Waals surface area (Å²) in [6, 6.07) is 0.341. The van der Waals surface area contributed by atoms with Crippen LogP contribution in [0.25, 0.3) is 0 Å². The molecule has 1 N–H and O–H groups in total. The predicted octanol–water partition coefficient (Wildman–Crippen LogP) is 6.61. The smallest absolute Gasteiger partial charge is 0.243 e. The lowest BCUT2D eigenvalue weighted by Crippen LogP contribution is -2.61. The Balaban J connectivity index is 1.53. The summed E-state index contributed by atoms with van der Waals surface area (Å²) < 4.78 is 0. The van der Waals surface area contributed by atoms with Gasteiger partial charge in [-0.2, -0.15) is 0 Å². The van der Waals surface area contributed by atoms with Crippen molar-refractivity contribution in [1.82, 2.24) is 5.32 Å². The average molecular weight is 400 g/mol. The van der Waals surface area contributed by atoms with Crippen molar-refractivity contribution in [2.75, 3.05) is 0 Å². The average Bonchev–Trinajstić information content (AvgIpc) is 3.00. The van der Waals surface area contributed by atoms with Gasteiger partial charge in [0, 0.05) is 11.5 Å². The van der Waals surface area contributed by atoms with Crippen LogP contribution in [0.15, 0.2) is 12.2 Å². The van der Waals surface area contributed by atoms with Crippen LogP contribution in [-0.4, -0.2) is 11.9 Å². The Hall–Kier alpha value is -0.790. The van der Waals surface area contributed by atoms with E-state index in [4.69, 9.17) is 0 Å². The van der Waals surface area contributed by atoms with E-state index < -0.39 is 0 Å². The van der Waals surface area contributed by atoms with Crippen LogP contribution in [0.4, 0.5) is 0 Å². The molecule has 2 heteroatoms. The van der Waals surface area contributed by atoms with Crippen LogP contribution < -0.4 is 5.32 Å². The largest absolute Gasteiger partial charge is 0.349 e. The van der Waals surface area contributed by atoms with Crippen LogP contribution in [0.2, 0.25) is 0 Å². The second kappa shape index (κ2) is 7.72. The molecule has 0 aromatic heterocycles. The molecule has 3 saturated carbocycles. The van der Waals surface area contributed by atoms with Gasteiger partial charge in [0.2, 0.25) is 5.91 Å². The molecule has 0 saturated heterocycles. The molecular formula is C27H45NO. The molecule has 1 aliphatic heterocycles. The highest BCUT2D eigenvalue weighted by atomic mass is 16.1. The molecule has 3 aliphatic carbocycles. The molecule has 0 radical (unpaired) electrons. The SMILES string of the molecule is CC(C)CCC[C@@H](C)[C@H]1CCC2C3C(CC[C@@]21C)[C@@]1(C)C=CC(=O)N[C@@H]1C[C@@H]3C. The van der Waals surface area contributed by atoms with Gasteiger partial charge in [-0.25, -0.2) is 0 Å². The van der Waals surface area contributed by atoms with Crippen LogP contribution >= 0.6 is 0 Å². The van der Waals surface area contributed by atoms with Crippen LogP contribution in [-0.2, 0) is 4.79 Å². The highest BCUT2D eigenvalue weighted by Crippen LogP contribution is 2.67. The van der Waals surface area contributed by atoms with Gasteiger partial charge in [0.15, 0.2) is 0 Å². The van der Waals surface area contributed by atoms with Crippen molar-refractivity contribution in [2.45, 2.75) is 99.0 Å². The molecule has 0 aromatic carbocycles. The maximum Gasteiger partial charge on any atom is 0.243 e. The first-order valence-electron chi connectivity index (χ1n) is 12.7. The third-order valence-electron chi connectivity index (χ3n) is 10.3. The van der Waals surface area contributed by atoms with E-state index in [0.29, 0.717) is 11.5 Å². The van der Waals surface area contributed by atoms with E-state index >= 15 is 0 Å². The molecule has 0 bridgehead atoms. The fourth-order valence-electron chi connectivity index (χ4n) is 8.71. The van der Waals surface area contributed by atoms with Crippen molar-refractivity contribution >= 4 is 5.91 Å². The Morgan fingerprint density at radius 3 is 2.59 bits per heavy atom. The van der Waals surface area contributed by atoms with Gasteiger partial charge < -0.3 is 5.32 Å². The van der Waals surface area contributed by atoms with Crippen molar-refractivity contribution in [3.05, 3.63) is 12.2 Å². The minimum absolute atomic E-state index is 0.120. The zero-order valence-electron chi connectivity index (χ0n) is 19.8. The minimum atomic E-state index is 0.120. The summed E-state index contributed by atoms with van der Waals surface area (Å²) in [5, 5.41) is 3.32. The van der Waals surface area contributed by atoms with Gasteiger partial charge in [-0.05, 0) is 85.0 Å². The lowest BCUT2D eigenvalue weighted by atomic mass is 9.45. The molecule has 1 amide bonds. The monoisotopic (exact) mass is 399 g/mol. The zero-order valence-corrected chi connectivity index (χ0v) is 19.8. The van der Waals surface area contributed by atoms with Crippen LogP contribution in [0, 0.1) is 52.3 Å². The quantitative estimate of drug-likeness (QED) is 0.554. The second-order valence-corrected chi connectivity index (χ2v) is 12.3. The third-order valence-corrected chi connectivity index (χ3v) is 10.3. The number of nitrogens with one attached hydrogen (secondary N) is 1. The maximum atomic E-state index is 12.0. The fourth-order valence-corrected chi connectivity index (χ4v) is 8.71. The number of carbonyl (C=O) groups excluding carboxylic acids is 1. The Morgan fingerprint density at radius 1 is 1.10 bits per heavy atom. The molecule has 4 rings (SSSR count). The van der Waals surface area contributed by atoms with Gasteiger partial charge in [-0.1, -0.05) is 66.9 Å². The Kier molecular flexibility index (Phi) is 5.71. The highest BCUT2D eigenvalue weighted by molar-refractivity contribution is 5.89. The van der Waals surface area contributed by atoms with E-state index in [2.05, 4.69) is 52.9 Å². The van der Waals surface area contributed by atoms with Crippen molar-refractivity contribution in [3.8, 4) is 0 Å². The van der Waals surface area contributed by atoms with Gasteiger partial charge in [0.25, 0.3) is 0 Å². The lowest BCUT2D eigenvalue weighted by Gasteiger charge is -2.61. The molecule has 0 aromatic rings. The molecule has 0 spiro atoms. The van der Waals surface area contributed by atoms with Gasteiger partial charge in [-0.3, -0.25) is 4.79 Å². The zero-order chi connectivity index (χ0) is 21.0. The summed E-state index contributed by atoms with van der Waals surface area (Å²) in [7, 11) is 0. The number of amides is 1. The topological polar surface area (TPSA) is 29.1 Å². The van der Waals surface area contributed by atoms with Crippen molar-refractivity contribution in [2.24, 2.45) is 52.3 Å². The molecule has 164 valence electrons. The first kappa shape index (κ1) is 21.4. The lowest BCUT2D eigenvalue weighted by molar-refractivity contribution is -0.126. The van der Waals surface area contributed by atoms with Crippen molar-refractivity contribution < 1.29 is 4.79 Å². The summed E-state index contributed by atoms with van der Waals surface area (Å²) in [5.41, 5.74) is 0.699. The first-order chi connectivity index (χ1) is 13.7. The van der Waals surface area contributed by atoms with E-state index in [-0.39, 0.29) is 11.3 Å². The summed E-state index contributed by atoms with van der Waals surface area (Å²) in [6.45, 7) is 14.9. The van der Waals surface area contributed by atoms with Crippen molar-refractivity contribution in [3.63, 3.8) is 0 Å². The first-order valence-corrected chi connectivity index (χ1v) is 12.7. The Labute approximate surface area is 179 Å². The number of hydrogen-bond acceptors (Lipinski definition) is 1. The summed E-state index contributed by atoms with van der Waals surface area (Å²) >= 11 is 0. The van der Waals surface area contributed by atoms with E-state index in [1.54, 1.807) is 0 Å². The van der Waals surface area contributed by atoms with E-state index in [9.17, 15) is 4.79 Å². The maximum absolute atomic E-state index is 12.0. The molecular weight excluding hydrogens is 354 g/mol. The van der Waals surface area contributed by atoms with Crippen LogP contribution in [0.5, 0.6) is 0 Å². The van der Waals surface area contributed by atoms with Crippen LogP contribution in [0.3, 0.4) is 0 Å². The van der Waals surface area contributed by atoms with Crippen LogP contribution in [0.1, 0.15) is 92.9 Å². The Bertz CT molecular complexity index is 653. The molecule has 3 unspecified atom stereocenters. The molecule has 4 aliphatic rings. The number of rotatable bonds is 5. The van der Waals surface area contributed by atoms with Gasteiger partial charge in [0.05, 0.1) is 0 Å². The number of hydrogen-bond donors (Lipinski definition) is 1. The predicted molar refractivity (Wildman–Crippen MR) is 121 cm³/mol. The highest BCUT2D eigenvalue weighted by Gasteiger charge is 2.61. The molecule has 3 fully saturated rings. The second-order valence-electron chi connectivity index (χ2n) is 12.3. The molecule has 29 heavy (non-hydrogen) atoms. The van der Waals surface area contributed by atoms with Gasteiger partial charge >= 0.3 is 0 Å². The summed E-state index contributed by atoms with van der Waals surface area (Å²) in [4.78, 5) is 12.0. The van der Waals surface area contributed by atoms with E-state index in [1.165, 1.54) is 44.9 Å². The van der Waals surface area contributed by atoms with E-state index in [1.807, 2.05) is 6.08 Å². The van der Waals surface area contributed by atoms with Crippen molar-refractivity contribution in [1.29, 1.82) is 0 Å². The summed E-state index contributed by atoms with van der Waals surface area (Å²) in [6.07, 6.45) is 15.1. The molecule has 2 nitrogen and oxygen atoms in total. The van der Waals surface area contributed by atoms with Gasteiger partial charge in [0.1, 0.15) is 0 Å². The standard InChI is InChI=1S/C27H45NO/c1-17(2)8-7-9-18(3)20-10-11-21-25-19(4)16-23-27(6,15-13-24(29)28-23)22(25)12-14-26(20,21)5/h13,15,17-23,25H,7-12,14,16H2,1-6H3,(H,28,29)/t18-,19+,20-,21?,22?,23-,25?,26-,27-/m1/s1. The normalized spacial score (nSPS) is 47.3. The molecule has 9 atom stereocenters. The Morgan fingerprint density at radius 2 is 1.86 bits per heavy atom. The minimum Gasteiger partial charge on any atom is -0.349 e. The number of fused-ring (bicyclic) bond motifs is 5. The summed E-state index contributed by atoms with van der Waals surface area (Å²) in [5.74, 6) is 5.93. The van der Waals surface area contributed by atoms with Gasteiger partial charge in [-0.15, -0.1) is 0 Å². The van der Waals surface area contributed by atoms with E-state index in [0.717, 1.165) is 47.8 Å². The number of carbonyl (C=O) groups is 1.